The summed E-state index contributed by atoms with van der Waals surface area (Å²) in [6, 6.07) is 0. The third kappa shape index (κ3) is 45.4. The predicted molar refractivity (Wildman–Crippen MR) is 249 cm³/mol. The molecular weight excluding hydrogens is 760 g/mol. The summed E-state index contributed by atoms with van der Waals surface area (Å²) < 4.78 is 32.7. The average Bonchev–Trinajstić information content (AvgIpc) is 3.22. The smallest absolute Gasteiger partial charge is 0.462 e. The number of hydrogen-bond acceptors (Lipinski definition) is 7. The van der Waals surface area contributed by atoms with Crippen LogP contribution in [-0.2, 0) is 32.7 Å². The molecule has 0 heterocycles. The minimum Gasteiger partial charge on any atom is -0.462 e. The topological polar surface area (TPSA) is 108 Å². The summed E-state index contributed by atoms with van der Waals surface area (Å²) in [6.07, 6.45) is 54.8. The van der Waals surface area contributed by atoms with Gasteiger partial charge in [-0.05, 0) is 58.3 Å². The fourth-order valence-electron chi connectivity index (χ4n) is 6.86. The minimum absolute atomic E-state index is 0.00785. The summed E-state index contributed by atoms with van der Waals surface area (Å²) in [4.78, 5) is 34.8. The highest BCUT2D eigenvalue weighted by Crippen LogP contribution is 2.43. The van der Waals surface area contributed by atoms with Gasteiger partial charge in [-0.2, -0.15) is 0 Å². The average molecular weight is 851 g/mol. The molecular formula is C50H91O8P. The second kappa shape index (κ2) is 45.5. The monoisotopic (exact) mass is 851 g/mol. The van der Waals surface area contributed by atoms with Crippen molar-refractivity contribution in [3.05, 3.63) is 48.6 Å². The fourth-order valence-corrected chi connectivity index (χ4v) is 7.61. The lowest BCUT2D eigenvalue weighted by molar-refractivity contribution is -0.161. The molecule has 344 valence electrons. The number of unbranched alkanes of at least 4 members (excludes halogenated alkanes) is 25. The van der Waals surface area contributed by atoms with Crippen LogP contribution in [0.15, 0.2) is 48.6 Å². The molecule has 0 aromatic rings. The van der Waals surface area contributed by atoms with E-state index in [4.69, 9.17) is 18.5 Å². The van der Waals surface area contributed by atoms with Crippen LogP contribution in [-0.4, -0.2) is 42.8 Å². The van der Waals surface area contributed by atoms with Crippen molar-refractivity contribution < 1.29 is 37.6 Å². The number of allylic oxidation sites excluding steroid dienone is 8. The molecule has 1 N–H and O–H groups in total. The zero-order chi connectivity index (χ0) is 43.2. The number of ether oxygens (including phenoxy) is 2. The van der Waals surface area contributed by atoms with Crippen molar-refractivity contribution in [3.63, 3.8) is 0 Å². The molecule has 0 saturated carbocycles. The fraction of sp³-hybridized carbons (Fsp3) is 0.800. The zero-order valence-electron chi connectivity index (χ0n) is 38.4. The largest absolute Gasteiger partial charge is 0.472 e. The highest BCUT2D eigenvalue weighted by Gasteiger charge is 2.25. The molecule has 0 aliphatic carbocycles. The number of phosphoric ester groups is 1. The third-order valence-electron chi connectivity index (χ3n) is 10.4. The molecule has 0 spiro atoms. The van der Waals surface area contributed by atoms with Crippen LogP contribution in [0.4, 0.5) is 0 Å². The number of carbonyl (C=O) groups excluding carboxylic acids is 2. The normalized spacial score (nSPS) is 13.6. The molecule has 0 aliphatic rings. The Morgan fingerprint density at radius 2 is 0.864 bits per heavy atom. The molecule has 2 atom stereocenters. The van der Waals surface area contributed by atoms with E-state index >= 15 is 0 Å². The van der Waals surface area contributed by atoms with Crippen molar-refractivity contribution in [2.75, 3.05) is 19.8 Å². The maximum Gasteiger partial charge on any atom is 0.472 e. The van der Waals surface area contributed by atoms with Crippen molar-refractivity contribution in [2.45, 2.75) is 239 Å². The lowest BCUT2D eigenvalue weighted by Gasteiger charge is -2.19. The van der Waals surface area contributed by atoms with E-state index in [0.29, 0.717) is 6.42 Å². The molecule has 59 heavy (non-hydrogen) atoms. The maximum atomic E-state index is 12.6. The van der Waals surface area contributed by atoms with E-state index in [0.717, 1.165) is 57.8 Å². The molecule has 0 amide bonds. The number of hydrogen-bond donors (Lipinski definition) is 1. The van der Waals surface area contributed by atoms with Crippen LogP contribution in [0.1, 0.15) is 233 Å². The Bertz CT molecular complexity index is 1100. The molecule has 0 bridgehead atoms. The second-order valence-corrected chi connectivity index (χ2v) is 17.6. The number of carbonyl (C=O) groups is 2. The highest BCUT2D eigenvalue weighted by atomic mass is 31.2. The van der Waals surface area contributed by atoms with E-state index in [-0.39, 0.29) is 32.0 Å². The van der Waals surface area contributed by atoms with E-state index in [9.17, 15) is 19.0 Å². The molecule has 0 saturated heterocycles. The van der Waals surface area contributed by atoms with Gasteiger partial charge in [0.1, 0.15) is 6.61 Å². The SMILES string of the molecule is CC/C=C\C/C=C\C/C=C\C/C=C\CCCCC(=O)OC(COC(=O)CCCCCCCCCCCCCCCCCCCCCCCCCC)COP(=O)(O)OCC. The van der Waals surface area contributed by atoms with Gasteiger partial charge in [0, 0.05) is 12.8 Å². The Balaban J connectivity index is 3.97. The van der Waals surface area contributed by atoms with Gasteiger partial charge in [-0.3, -0.25) is 18.6 Å². The van der Waals surface area contributed by atoms with Gasteiger partial charge in [0.2, 0.25) is 0 Å². The Kier molecular flexibility index (Phi) is 44.0. The first-order chi connectivity index (χ1) is 28.8. The Hall–Kier alpha value is -1.99. The first kappa shape index (κ1) is 57.0. The predicted octanol–water partition coefficient (Wildman–Crippen LogP) is 15.7. The van der Waals surface area contributed by atoms with Crippen LogP contribution in [0.3, 0.4) is 0 Å². The number of esters is 2. The molecule has 8 nitrogen and oxygen atoms in total. The van der Waals surface area contributed by atoms with Crippen molar-refractivity contribution >= 4 is 19.8 Å². The summed E-state index contributed by atoms with van der Waals surface area (Å²) in [6.45, 7) is 5.34. The van der Waals surface area contributed by atoms with Crippen LogP contribution in [0.5, 0.6) is 0 Å². The highest BCUT2D eigenvalue weighted by molar-refractivity contribution is 7.47. The van der Waals surface area contributed by atoms with Gasteiger partial charge in [0.15, 0.2) is 6.10 Å². The van der Waals surface area contributed by atoms with E-state index in [1.807, 2.05) is 0 Å². The van der Waals surface area contributed by atoms with Crippen LogP contribution >= 0.6 is 7.82 Å². The maximum absolute atomic E-state index is 12.6. The number of phosphoric acid groups is 1. The first-order valence-corrected chi connectivity index (χ1v) is 25.9. The van der Waals surface area contributed by atoms with Crippen molar-refractivity contribution in [1.82, 2.24) is 0 Å². The van der Waals surface area contributed by atoms with Gasteiger partial charge >= 0.3 is 19.8 Å². The summed E-state index contributed by atoms with van der Waals surface area (Å²) in [7, 11) is -4.29. The standard InChI is InChI=1S/C50H91O8P/c1-4-7-9-11-13-15-17-19-21-22-23-24-25-26-27-28-29-31-32-34-36-38-40-42-44-49(51)55-46-48(47-57-59(53,54)56-6-3)58-50(52)45-43-41-39-37-35-33-30-20-18-16-14-12-10-8-5-2/h8,10,14,16,20,30,35,37,48H,4-7,9,11-13,15,17-19,21-29,31-34,36,38-47H2,1-3H3,(H,53,54)/b10-8-,16-14-,30-20-,37-35-. The minimum atomic E-state index is -4.29. The summed E-state index contributed by atoms with van der Waals surface area (Å²) in [5, 5.41) is 0. The van der Waals surface area contributed by atoms with Crippen LogP contribution < -0.4 is 0 Å². The number of rotatable bonds is 45. The van der Waals surface area contributed by atoms with E-state index < -0.39 is 26.5 Å². The van der Waals surface area contributed by atoms with Gasteiger partial charge < -0.3 is 14.4 Å². The molecule has 0 fully saturated rings. The molecule has 2 unspecified atom stereocenters. The third-order valence-corrected chi connectivity index (χ3v) is 11.5. The van der Waals surface area contributed by atoms with E-state index in [1.54, 1.807) is 6.92 Å². The quantitative estimate of drug-likeness (QED) is 0.0279. The molecule has 0 aliphatic heterocycles. The van der Waals surface area contributed by atoms with E-state index in [2.05, 4.69) is 62.5 Å². The molecule has 9 heteroatoms. The first-order valence-electron chi connectivity index (χ1n) is 24.4. The Labute approximate surface area is 363 Å². The second-order valence-electron chi connectivity index (χ2n) is 16.1. The van der Waals surface area contributed by atoms with Gasteiger partial charge in [0.05, 0.1) is 13.2 Å². The van der Waals surface area contributed by atoms with E-state index in [1.165, 1.54) is 135 Å². The molecule has 0 aromatic carbocycles. The lowest BCUT2D eigenvalue weighted by Crippen LogP contribution is -2.29. The molecule has 0 rings (SSSR count). The van der Waals surface area contributed by atoms with Gasteiger partial charge in [-0.1, -0.05) is 210 Å². The van der Waals surface area contributed by atoms with Crippen molar-refractivity contribution in [1.29, 1.82) is 0 Å². The van der Waals surface area contributed by atoms with Crippen LogP contribution in [0, 0.1) is 0 Å². The lowest BCUT2D eigenvalue weighted by atomic mass is 10.0. The van der Waals surface area contributed by atoms with Gasteiger partial charge in [0.25, 0.3) is 0 Å². The van der Waals surface area contributed by atoms with Crippen molar-refractivity contribution in [2.24, 2.45) is 0 Å². The Morgan fingerprint density at radius 1 is 0.475 bits per heavy atom. The zero-order valence-corrected chi connectivity index (χ0v) is 39.3. The summed E-state index contributed by atoms with van der Waals surface area (Å²) >= 11 is 0. The molecule has 0 aromatic heterocycles. The van der Waals surface area contributed by atoms with Gasteiger partial charge in [-0.15, -0.1) is 0 Å². The Morgan fingerprint density at radius 3 is 1.31 bits per heavy atom. The van der Waals surface area contributed by atoms with Gasteiger partial charge in [-0.25, -0.2) is 4.57 Å². The summed E-state index contributed by atoms with van der Waals surface area (Å²) in [5.74, 6) is -0.839. The van der Waals surface area contributed by atoms with Crippen LogP contribution in [0.2, 0.25) is 0 Å². The van der Waals surface area contributed by atoms with Crippen molar-refractivity contribution in [3.8, 4) is 0 Å². The summed E-state index contributed by atoms with van der Waals surface area (Å²) in [5.41, 5.74) is 0. The van der Waals surface area contributed by atoms with Crippen LogP contribution in [0.25, 0.3) is 0 Å². The molecule has 0 radical (unpaired) electrons.